The molecule has 0 saturated carbocycles. The van der Waals surface area contributed by atoms with Crippen LogP contribution in [-0.4, -0.2) is 34.4 Å². The van der Waals surface area contributed by atoms with Crippen molar-refractivity contribution in [2.45, 2.75) is 23.0 Å². The normalized spacial score (nSPS) is 12.4. The maximum Gasteiger partial charge on any atom is 0.213 e. The Hall–Kier alpha value is -1.60. The quantitative estimate of drug-likeness (QED) is 0.898. The molecule has 1 N–H and O–H groups in total. The van der Waals surface area contributed by atoms with E-state index in [1.807, 2.05) is 32.3 Å². The number of ether oxygens (including phenoxy) is 1. The third kappa shape index (κ3) is 2.87. The van der Waals surface area contributed by atoms with Gasteiger partial charge in [0.05, 0.1) is 7.11 Å². The van der Waals surface area contributed by atoms with Crippen molar-refractivity contribution in [1.29, 1.82) is 0 Å². The minimum atomic E-state index is 0.180. The van der Waals surface area contributed by atoms with Crippen LogP contribution in [0.25, 0.3) is 0 Å². The molecular formula is C12H17N5OS. The molecule has 0 fully saturated rings. The molecule has 7 heteroatoms. The summed E-state index contributed by atoms with van der Waals surface area (Å²) in [6.07, 6.45) is 0. The Morgan fingerprint density at radius 1 is 1.42 bits per heavy atom. The smallest absolute Gasteiger partial charge is 0.213 e. The van der Waals surface area contributed by atoms with E-state index in [9.17, 15) is 0 Å². The molecule has 0 amide bonds. The predicted octanol–water partition coefficient (Wildman–Crippen LogP) is 1.65. The second-order valence-electron chi connectivity index (χ2n) is 4.07. The van der Waals surface area contributed by atoms with Gasteiger partial charge < -0.3 is 10.1 Å². The zero-order chi connectivity index (χ0) is 13.8. The van der Waals surface area contributed by atoms with Gasteiger partial charge in [-0.05, 0) is 48.3 Å². The van der Waals surface area contributed by atoms with Crippen LogP contribution in [0.3, 0.4) is 0 Å². The Kier molecular flexibility index (Phi) is 4.39. The van der Waals surface area contributed by atoms with Crippen LogP contribution in [-0.2, 0) is 7.05 Å². The molecule has 2 rings (SSSR count). The highest BCUT2D eigenvalue weighted by atomic mass is 32.2. The second kappa shape index (κ2) is 6.03. The van der Waals surface area contributed by atoms with E-state index in [1.54, 1.807) is 11.8 Å². The van der Waals surface area contributed by atoms with Gasteiger partial charge in [-0.25, -0.2) is 4.68 Å². The molecule has 1 heterocycles. The van der Waals surface area contributed by atoms with Crippen LogP contribution in [0.4, 0.5) is 0 Å². The van der Waals surface area contributed by atoms with Gasteiger partial charge in [-0.15, -0.1) is 5.10 Å². The van der Waals surface area contributed by atoms with E-state index >= 15 is 0 Å². The number of tetrazole rings is 1. The van der Waals surface area contributed by atoms with Crippen LogP contribution in [0.2, 0.25) is 0 Å². The Morgan fingerprint density at radius 3 is 2.79 bits per heavy atom. The van der Waals surface area contributed by atoms with Gasteiger partial charge >= 0.3 is 0 Å². The number of nitrogens with one attached hydrogen (secondary N) is 1. The predicted molar refractivity (Wildman–Crippen MR) is 73.4 cm³/mol. The molecule has 2 aromatic rings. The fraction of sp³-hybridized carbons (Fsp3) is 0.417. The zero-order valence-electron chi connectivity index (χ0n) is 11.4. The standard InChI is InChI=1S/C12H17N5OS/c1-8(13-2)11-9(18-4)6-5-7-10(11)19-12-14-15-16-17(12)3/h5-8,13H,1-4H3. The molecule has 0 aliphatic rings. The molecule has 6 nitrogen and oxygen atoms in total. The van der Waals surface area contributed by atoms with Gasteiger partial charge in [0.2, 0.25) is 5.16 Å². The molecule has 0 radical (unpaired) electrons. The van der Waals surface area contributed by atoms with Crippen molar-refractivity contribution in [3.8, 4) is 5.75 Å². The van der Waals surface area contributed by atoms with Gasteiger partial charge in [0.15, 0.2) is 0 Å². The summed E-state index contributed by atoms with van der Waals surface area (Å²) < 4.78 is 7.10. The van der Waals surface area contributed by atoms with Gasteiger partial charge in [0.1, 0.15) is 5.75 Å². The summed E-state index contributed by atoms with van der Waals surface area (Å²) in [5.41, 5.74) is 1.11. The van der Waals surface area contributed by atoms with Gasteiger partial charge in [-0.1, -0.05) is 6.07 Å². The molecule has 0 aliphatic heterocycles. The van der Waals surface area contributed by atoms with Crippen molar-refractivity contribution in [3.05, 3.63) is 23.8 Å². The van der Waals surface area contributed by atoms with Crippen LogP contribution in [0.1, 0.15) is 18.5 Å². The molecule has 1 atom stereocenters. The summed E-state index contributed by atoms with van der Waals surface area (Å²) in [4.78, 5) is 1.08. The molecule has 1 unspecified atom stereocenters. The first kappa shape index (κ1) is 13.8. The number of methoxy groups -OCH3 is 1. The average Bonchev–Trinajstić information content (AvgIpc) is 2.83. The Labute approximate surface area is 116 Å². The topological polar surface area (TPSA) is 64.9 Å². The van der Waals surface area contributed by atoms with Gasteiger partial charge in [0, 0.05) is 23.5 Å². The number of rotatable bonds is 5. The third-order valence-corrected chi connectivity index (χ3v) is 4.00. The highest BCUT2D eigenvalue weighted by Crippen LogP contribution is 2.37. The molecule has 0 aliphatic carbocycles. The maximum atomic E-state index is 5.45. The maximum absolute atomic E-state index is 5.45. The van der Waals surface area contributed by atoms with Crippen LogP contribution in [0.5, 0.6) is 5.75 Å². The van der Waals surface area contributed by atoms with Crippen LogP contribution in [0, 0.1) is 0 Å². The van der Waals surface area contributed by atoms with Crippen molar-refractivity contribution in [1.82, 2.24) is 25.5 Å². The van der Waals surface area contributed by atoms with Crippen molar-refractivity contribution < 1.29 is 4.74 Å². The second-order valence-corrected chi connectivity index (χ2v) is 5.08. The first-order valence-corrected chi connectivity index (χ1v) is 6.73. The molecular weight excluding hydrogens is 262 g/mol. The Morgan fingerprint density at radius 2 is 2.21 bits per heavy atom. The summed E-state index contributed by atoms with van der Waals surface area (Å²) in [6.45, 7) is 2.09. The highest BCUT2D eigenvalue weighted by Gasteiger charge is 2.17. The largest absolute Gasteiger partial charge is 0.496 e. The molecule has 1 aromatic heterocycles. The van der Waals surface area contributed by atoms with Gasteiger partial charge in [0.25, 0.3) is 0 Å². The van der Waals surface area contributed by atoms with Crippen LogP contribution < -0.4 is 10.1 Å². The fourth-order valence-corrected chi connectivity index (χ4v) is 2.74. The summed E-state index contributed by atoms with van der Waals surface area (Å²) in [5, 5.41) is 15.5. The van der Waals surface area contributed by atoms with E-state index in [1.165, 1.54) is 11.8 Å². The van der Waals surface area contributed by atoms with Crippen molar-refractivity contribution in [2.75, 3.05) is 14.2 Å². The monoisotopic (exact) mass is 279 g/mol. The number of hydrogen-bond acceptors (Lipinski definition) is 6. The number of benzene rings is 1. The summed E-state index contributed by atoms with van der Waals surface area (Å²) >= 11 is 1.53. The molecule has 0 bridgehead atoms. The number of hydrogen-bond donors (Lipinski definition) is 1. The first-order chi connectivity index (χ1) is 9.17. The third-order valence-electron chi connectivity index (χ3n) is 2.89. The molecule has 19 heavy (non-hydrogen) atoms. The molecule has 0 spiro atoms. The lowest BCUT2D eigenvalue weighted by molar-refractivity contribution is 0.401. The Balaban J connectivity index is 2.42. The minimum absolute atomic E-state index is 0.180. The van der Waals surface area contributed by atoms with E-state index in [0.29, 0.717) is 0 Å². The number of aromatic nitrogens is 4. The lowest BCUT2D eigenvalue weighted by atomic mass is 10.1. The van der Waals surface area contributed by atoms with E-state index in [0.717, 1.165) is 21.4 Å². The SMILES string of the molecule is CNC(C)c1c(OC)cccc1Sc1nnnn1C. The van der Waals surface area contributed by atoms with E-state index < -0.39 is 0 Å². The molecule has 0 saturated heterocycles. The Bertz CT molecular complexity index is 557. The van der Waals surface area contributed by atoms with Crippen molar-refractivity contribution in [2.24, 2.45) is 7.05 Å². The first-order valence-electron chi connectivity index (χ1n) is 5.91. The van der Waals surface area contributed by atoms with Crippen molar-refractivity contribution >= 4 is 11.8 Å². The summed E-state index contributed by atoms with van der Waals surface area (Å²) in [5.74, 6) is 0.863. The molecule has 102 valence electrons. The van der Waals surface area contributed by atoms with Gasteiger partial charge in [-0.3, -0.25) is 0 Å². The average molecular weight is 279 g/mol. The number of aryl methyl sites for hydroxylation is 1. The summed E-state index contributed by atoms with van der Waals surface area (Å²) in [7, 11) is 5.43. The molecule has 1 aromatic carbocycles. The summed E-state index contributed by atoms with van der Waals surface area (Å²) in [6, 6.07) is 6.16. The van der Waals surface area contributed by atoms with Crippen LogP contribution in [0.15, 0.2) is 28.3 Å². The van der Waals surface area contributed by atoms with Crippen LogP contribution >= 0.6 is 11.8 Å². The minimum Gasteiger partial charge on any atom is -0.496 e. The van der Waals surface area contributed by atoms with Gasteiger partial charge in [-0.2, -0.15) is 0 Å². The lowest BCUT2D eigenvalue weighted by Gasteiger charge is -2.18. The highest BCUT2D eigenvalue weighted by molar-refractivity contribution is 7.99. The number of nitrogens with zero attached hydrogens (tertiary/aromatic N) is 4. The van der Waals surface area contributed by atoms with E-state index in [-0.39, 0.29) is 6.04 Å². The van der Waals surface area contributed by atoms with E-state index in [4.69, 9.17) is 4.74 Å². The lowest BCUT2D eigenvalue weighted by Crippen LogP contribution is -2.14. The van der Waals surface area contributed by atoms with Crippen molar-refractivity contribution in [3.63, 3.8) is 0 Å². The zero-order valence-corrected chi connectivity index (χ0v) is 12.2. The fourth-order valence-electron chi connectivity index (χ4n) is 1.77. The van der Waals surface area contributed by atoms with E-state index in [2.05, 4.69) is 27.8 Å².